The number of carbonyl (C=O) groups excluding carboxylic acids is 1. The predicted octanol–water partition coefficient (Wildman–Crippen LogP) is 1.29. The van der Waals surface area contributed by atoms with Crippen molar-refractivity contribution in [3.05, 3.63) is 32.8 Å². The first-order valence-electron chi connectivity index (χ1n) is 5.71. The number of amides is 1. The van der Waals surface area contributed by atoms with E-state index >= 15 is 0 Å². The fourth-order valence-electron chi connectivity index (χ4n) is 1.74. The highest BCUT2D eigenvalue weighted by atomic mass is 79.9. The molecule has 0 spiro atoms. The van der Waals surface area contributed by atoms with Crippen LogP contribution in [0.25, 0.3) is 0 Å². The third-order valence-electron chi connectivity index (χ3n) is 2.43. The average Bonchev–Trinajstić information content (AvgIpc) is 2.24. The van der Waals surface area contributed by atoms with Crippen molar-refractivity contribution in [1.29, 1.82) is 0 Å². The molecule has 0 saturated carbocycles. The second-order valence-electron chi connectivity index (χ2n) is 5.00. The van der Waals surface area contributed by atoms with E-state index in [2.05, 4.69) is 20.7 Å². The van der Waals surface area contributed by atoms with Crippen LogP contribution in [-0.2, 0) is 14.8 Å². The van der Waals surface area contributed by atoms with E-state index < -0.39 is 37.0 Å². The maximum Gasteiger partial charge on any atom is 0.289 e. The van der Waals surface area contributed by atoms with Gasteiger partial charge < -0.3 is 5.73 Å². The van der Waals surface area contributed by atoms with E-state index in [0.717, 1.165) is 12.1 Å². The number of hydrogen-bond donors (Lipinski definition) is 2. The van der Waals surface area contributed by atoms with Gasteiger partial charge in [0, 0.05) is 22.5 Å². The molecule has 0 fully saturated rings. The Bertz CT molecular complexity index is 687. The van der Waals surface area contributed by atoms with Crippen molar-refractivity contribution in [2.75, 3.05) is 0 Å². The summed E-state index contributed by atoms with van der Waals surface area (Å²) in [6.45, 7) is 2.91. The average molecular weight is 380 g/mol. The normalized spacial score (nSPS) is 12.1. The van der Waals surface area contributed by atoms with Crippen molar-refractivity contribution < 1.29 is 18.1 Å². The zero-order valence-electron chi connectivity index (χ0n) is 11.3. The number of rotatable bonds is 6. The van der Waals surface area contributed by atoms with Crippen molar-refractivity contribution in [2.45, 2.75) is 30.7 Å². The lowest BCUT2D eigenvalue weighted by molar-refractivity contribution is -0.387. The van der Waals surface area contributed by atoms with Gasteiger partial charge in [0.25, 0.3) is 5.69 Å². The summed E-state index contributed by atoms with van der Waals surface area (Å²) in [7, 11) is -4.19. The van der Waals surface area contributed by atoms with Crippen LogP contribution in [0.1, 0.15) is 20.3 Å². The molecular formula is C11H14BrN3O5S. The highest BCUT2D eigenvalue weighted by Gasteiger charge is 2.32. The summed E-state index contributed by atoms with van der Waals surface area (Å²) in [5.41, 5.74) is 3.33. The summed E-state index contributed by atoms with van der Waals surface area (Å²) in [6.07, 6.45) is -0.242. The van der Waals surface area contributed by atoms with Gasteiger partial charge in [0.05, 0.1) is 4.92 Å². The van der Waals surface area contributed by atoms with Gasteiger partial charge in [0.15, 0.2) is 4.90 Å². The minimum absolute atomic E-state index is 0.242. The number of hydrogen-bond acceptors (Lipinski definition) is 5. The van der Waals surface area contributed by atoms with Crippen LogP contribution in [-0.4, -0.2) is 24.8 Å². The molecule has 1 aromatic rings. The molecule has 10 heteroatoms. The van der Waals surface area contributed by atoms with Crippen LogP contribution >= 0.6 is 15.9 Å². The fourth-order valence-corrected chi connectivity index (χ4v) is 3.87. The molecule has 21 heavy (non-hydrogen) atoms. The first kappa shape index (κ1) is 17.5. The molecule has 0 heterocycles. The summed E-state index contributed by atoms with van der Waals surface area (Å²) < 4.78 is 27.3. The molecule has 1 aromatic carbocycles. The summed E-state index contributed by atoms with van der Waals surface area (Å²) in [5, 5.41) is 10.9. The first-order valence-corrected chi connectivity index (χ1v) is 7.98. The molecule has 0 bridgehead atoms. The number of nitrogens with one attached hydrogen (secondary N) is 1. The minimum Gasteiger partial charge on any atom is -0.370 e. The first-order chi connectivity index (χ1) is 9.44. The molecule has 0 aliphatic rings. The standard InChI is InChI=1S/C11H14BrN3O5S/c1-11(2,6-10(13)16)14-21(19,20)9-5-7(12)3-4-8(9)15(17)18/h3-5,14H,6H2,1-2H3,(H2,13,16). The highest BCUT2D eigenvalue weighted by molar-refractivity contribution is 9.10. The van der Waals surface area contributed by atoms with E-state index in [1.807, 2.05) is 0 Å². The largest absolute Gasteiger partial charge is 0.370 e. The Labute approximate surface area is 130 Å². The number of nitrogens with two attached hydrogens (primary N) is 1. The molecule has 1 amide bonds. The second-order valence-corrected chi connectivity index (χ2v) is 7.57. The number of nitro benzene ring substituents is 1. The van der Waals surface area contributed by atoms with Crippen molar-refractivity contribution in [3.63, 3.8) is 0 Å². The predicted molar refractivity (Wildman–Crippen MR) is 79.0 cm³/mol. The van der Waals surface area contributed by atoms with Gasteiger partial charge >= 0.3 is 0 Å². The molecule has 116 valence electrons. The van der Waals surface area contributed by atoms with Crippen LogP contribution in [0.2, 0.25) is 0 Å². The molecule has 0 radical (unpaired) electrons. The van der Waals surface area contributed by atoms with E-state index in [0.29, 0.717) is 4.47 Å². The van der Waals surface area contributed by atoms with Gasteiger partial charge in [0.1, 0.15) is 0 Å². The van der Waals surface area contributed by atoms with Gasteiger partial charge in [-0.3, -0.25) is 14.9 Å². The van der Waals surface area contributed by atoms with Gasteiger partial charge in [-0.1, -0.05) is 15.9 Å². The minimum atomic E-state index is -4.19. The summed E-state index contributed by atoms with van der Waals surface area (Å²) in [5.74, 6) is -0.688. The zero-order chi connectivity index (χ0) is 16.4. The molecule has 0 saturated heterocycles. The van der Waals surface area contributed by atoms with Crippen molar-refractivity contribution >= 4 is 37.5 Å². The lowest BCUT2D eigenvalue weighted by atomic mass is 10.0. The number of benzene rings is 1. The summed E-state index contributed by atoms with van der Waals surface area (Å²) >= 11 is 3.07. The van der Waals surface area contributed by atoms with Crippen molar-refractivity contribution in [1.82, 2.24) is 4.72 Å². The van der Waals surface area contributed by atoms with Crippen molar-refractivity contribution in [3.8, 4) is 0 Å². The van der Waals surface area contributed by atoms with E-state index in [1.54, 1.807) is 0 Å². The number of carbonyl (C=O) groups is 1. The SMILES string of the molecule is CC(C)(CC(N)=O)NS(=O)(=O)c1cc(Br)ccc1[N+](=O)[O-]. The second kappa shape index (κ2) is 6.08. The quantitative estimate of drug-likeness (QED) is 0.567. The van der Waals surface area contributed by atoms with Crippen LogP contribution in [0.15, 0.2) is 27.6 Å². The van der Waals surface area contributed by atoms with Crippen molar-refractivity contribution in [2.24, 2.45) is 5.73 Å². The highest BCUT2D eigenvalue weighted by Crippen LogP contribution is 2.28. The van der Waals surface area contributed by atoms with E-state index in [1.165, 1.54) is 19.9 Å². The van der Waals surface area contributed by atoms with Gasteiger partial charge in [-0.2, -0.15) is 0 Å². The van der Waals surface area contributed by atoms with Gasteiger partial charge in [-0.25, -0.2) is 13.1 Å². The Morgan fingerprint density at radius 3 is 2.52 bits per heavy atom. The molecule has 0 aliphatic heterocycles. The number of nitrogens with zero attached hydrogens (tertiary/aromatic N) is 1. The number of primary amides is 1. The third-order valence-corrected chi connectivity index (χ3v) is 4.66. The van der Waals surface area contributed by atoms with Crippen LogP contribution in [0.4, 0.5) is 5.69 Å². The summed E-state index contributed by atoms with van der Waals surface area (Å²) in [4.78, 5) is 20.6. The van der Waals surface area contributed by atoms with Gasteiger partial charge in [-0.05, 0) is 26.0 Å². The Morgan fingerprint density at radius 1 is 1.48 bits per heavy atom. The van der Waals surface area contributed by atoms with E-state index in [-0.39, 0.29) is 6.42 Å². The Kier molecular flexibility index (Phi) is 5.07. The lowest BCUT2D eigenvalue weighted by Crippen LogP contribution is -2.46. The molecule has 0 aliphatic carbocycles. The maximum absolute atomic E-state index is 12.3. The van der Waals surface area contributed by atoms with E-state index in [4.69, 9.17) is 5.73 Å². The smallest absolute Gasteiger partial charge is 0.289 e. The fraction of sp³-hybridized carbons (Fsp3) is 0.364. The van der Waals surface area contributed by atoms with Gasteiger partial charge in [-0.15, -0.1) is 0 Å². The monoisotopic (exact) mass is 379 g/mol. The zero-order valence-corrected chi connectivity index (χ0v) is 13.7. The molecule has 1 rings (SSSR count). The number of nitro groups is 1. The number of halogens is 1. The molecule has 0 atom stereocenters. The number of sulfonamides is 1. The van der Waals surface area contributed by atoms with Crippen LogP contribution in [0, 0.1) is 10.1 Å². The Hall–Kier alpha value is -1.52. The van der Waals surface area contributed by atoms with E-state index in [9.17, 15) is 23.3 Å². The van der Waals surface area contributed by atoms with Crippen LogP contribution in [0.3, 0.4) is 0 Å². The maximum atomic E-state index is 12.3. The lowest BCUT2D eigenvalue weighted by Gasteiger charge is -2.24. The van der Waals surface area contributed by atoms with Crippen LogP contribution < -0.4 is 10.5 Å². The molecular weight excluding hydrogens is 366 g/mol. The molecule has 3 N–H and O–H groups in total. The molecule has 8 nitrogen and oxygen atoms in total. The molecule has 0 unspecified atom stereocenters. The molecule has 0 aromatic heterocycles. The summed E-state index contributed by atoms with van der Waals surface area (Å²) in [6, 6.07) is 3.58. The third kappa shape index (κ3) is 4.76. The Morgan fingerprint density at radius 2 is 2.05 bits per heavy atom. The van der Waals surface area contributed by atoms with Crippen LogP contribution in [0.5, 0.6) is 0 Å². The Balaban J connectivity index is 3.28. The van der Waals surface area contributed by atoms with Gasteiger partial charge in [0.2, 0.25) is 15.9 Å². The topological polar surface area (TPSA) is 132 Å².